The lowest BCUT2D eigenvalue weighted by Gasteiger charge is -2.17. The molecule has 1 rings (SSSR count). The molecule has 0 spiro atoms. The first-order valence-corrected chi connectivity index (χ1v) is 5.15. The summed E-state index contributed by atoms with van der Waals surface area (Å²) in [6.45, 7) is 0. The molecule has 0 radical (unpaired) electrons. The first-order valence-electron chi connectivity index (χ1n) is 3.57. The lowest BCUT2D eigenvalue weighted by molar-refractivity contribution is -0.180. The summed E-state index contributed by atoms with van der Waals surface area (Å²) in [5, 5.41) is 0. The minimum atomic E-state index is -4.45. The molecular formula is C6H9F3O3S. The fraction of sp³-hybridized carbons (Fsp3) is 1.00. The van der Waals surface area contributed by atoms with Gasteiger partial charge in [0, 0.05) is 0 Å². The third-order valence-corrected chi connectivity index (χ3v) is 3.58. The second kappa shape index (κ2) is 2.84. The third kappa shape index (κ3) is 2.14. The van der Waals surface area contributed by atoms with E-state index in [-0.39, 0.29) is 12.8 Å². The van der Waals surface area contributed by atoms with Crippen LogP contribution in [0, 0.1) is 5.41 Å². The predicted octanol–water partition coefficient (Wildman–Crippen LogP) is 1.31. The normalized spacial score (nSPS) is 21.5. The molecule has 13 heavy (non-hydrogen) atoms. The molecule has 0 unspecified atom stereocenters. The smallest absolute Gasteiger partial charge is 0.273 e. The summed E-state index contributed by atoms with van der Waals surface area (Å²) < 4.78 is 62.3. The number of hydrogen-bond donors (Lipinski definition) is 0. The van der Waals surface area contributed by atoms with Crippen molar-refractivity contribution in [3.8, 4) is 0 Å². The largest absolute Gasteiger partial charge is 0.395 e. The van der Waals surface area contributed by atoms with Gasteiger partial charge in [-0.2, -0.15) is 21.6 Å². The Balaban J connectivity index is 2.76. The highest BCUT2D eigenvalue weighted by molar-refractivity contribution is 7.86. The molecule has 1 fully saturated rings. The van der Waals surface area contributed by atoms with Gasteiger partial charge in [-0.15, -0.1) is 0 Å². The minimum absolute atomic E-state index is 0.126. The predicted molar refractivity (Wildman–Crippen MR) is 38.5 cm³/mol. The molecule has 1 aliphatic carbocycles. The molecule has 0 heterocycles. The lowest BCUT2D eigenvalue weighted by atomic mass is 10.1. The van der Waals surface area contributed by atoms with Crippen LogP contribution in [-0.2, 0) is 14.3 Å². The molecule has 0 atom stereocenters. The fourth-order valence-electron chi connectivity index (χ4n) is 1.06. The van der Waals surface area contributed by atoms with Gasteiger partial charge in [0.25, 0.3) is 10.1 Å². The van der Waals surface area contributed by atoms with Gasteiger partial charge in [-0.3, -0.25) is 4.18 Å². The van der Waals surface area contributed by atoms with Crippen LogP contribution in [0.25, 0.3) is 0 Å². The van der Waals surface area contributed by atoms with Gasteiger partial charge in [-0.25, -0.2) is 0 Å². The molecule has 0 aromatic carbocycles. The highest BCUT2D eigenvalue weighted by Gasteiger charge is 2.65. The summed E-state index contributed by atoms with van der Waals surface area (Å²) in [4.78, 5) is 0. The van der Waals surface area contributed by atoms with E-state index >= 15 is 0 Å². The van der Waals surface area contributed by atoms with Crippen LogP contribution in [0.5, 0.6) is 0 Å². The molecule has 3 nitrogen and oxygen atoms in total. The molecule has 0 amide bonds. The van der Waals surface area contributed by atoms with Gasteiger partial charge in [0.05, 0.1) is 18.3 Å². The first-order chi connectivity index (χ1) is 5.72. The van der Waals surface area contributed by atoms with Gasteiger partial charge < -0.3 is 0 Å². The Hall–Kier alpha value is -0.300. The van der Waals surface area contributed by atoms with Crippen molar-refractivity contribution in [2.75, 3.05) is 12.9 Å². The Morgan fingerprint density at radius 2 is 1.85 bits per heavy atom. The van der Waals surface area contributed by atoms with E-state index in [1.54, 1.807) is 0 Å². The average Bonchev–Trinajstić information content (AvgIpc) is 2.67. The van der Waals surface area contributed by atoms with Crippen molar-refractivity contribution in [2.45, 2.75) is 19.0 Å². The maximum Gasteiger partial charge on any atom is 0.395 e. The second-order valence-corrected chi connectivity index (χ2v) is 4.88. The minimum Gasteiger partial charge on any atom is -0.273 e. The van der Waals surface area contributed by atoms with Gasteiger partial charge in [0.15, 0.2) is 0 Å². The summed E-state index contributed by atoms with van der Waals surface area (Å²) >= 11 is 0. The van der Waals surface area contributed by atoms with Crippen LogP contribution in [0.2, 0.25) is 0 Å². The van der Waals surface area contributed by atoms with Crippen molar-refractivity contribution < 1.29 is 25.8 Å². The molecule has 0 saturated heterocycles. The molecule has 0 N–H and O–H groups in total. The zero-order valence-corrected chi connectivity index (χ0v) is 7.70. The Morgan fingerprint density at radius 1 is 1.38 bits per heavy atom. The van der Waals surface area contributed by atoms with Crippen molar-refractivity contribution in [3.63, 3.8) is 0 Å². The Labute approximate surface area is 74.0 Å². The van der Waals surface area contributed by atoms with Crippen LogP contribution in [-0.4, -0.2) is 27.5 Å². The summed E-state index contributed by atoms with van der Waals surface area (Å²) in [6, 6.07) is 0. The van der Waals surface area contributed by atoms with Crippen molar-refractivity contribution in [1.29, 1.82) is 0 Å². The zero-order chi connectivity index (χ0) is 10.3. The van der Waals surface area contributed by atoms with E-state index in [0.29, 0.717) is 0 Å². The lowest BCUT2D eigenvalue weighted by Crippen LogP contribution is -2.32. The fourth-order valence-corrected chi connectivity index (χ4v) is 2.30. The van der Waals surface area contributed by atoms with Crippen molar-refractivity contribution in [2.24, 2.45) is 5.41 Å². The van der Waals surface area contributed by atoms with Crippen molar-refractivity contribution in [1.82, 2.24) is 0 Å². The Morgan fingerprint density at radius 3 is 2.08 bits per heavy atom. The number of rotatable bonds is 3. The van der Waals surface area contributed by atoms with E-state index in [1.165, 1.54) is 0 Å². The third-order valence-electron chi connectivity index (χ3n) is 2.16. The molecular weight excluding hydrogens is 209 g/mol. The summed E-state index contributed by atoms with van der Waals surface area (Å²) in [7, 11) is -3.15. The van der Waals surface area contributed by atoms with Crippen LogP contribution in [0.3, 0.4) is 0 Å². The monoisotopic (exact) mass is 218 g/mol. The standard InChI is InChI=1S/C6H9F3O3S/c1-12-13(10,11)4-5(2-3-5)6(7,8)9/h2-4H2,1H3. The van der Waals surface area contributed by atoms with Gasteiger partial charge >= 0.3 is 6.18 Å². The van der Waals surface area contributed by atoms with Crippen molar-refractivity contribution in [3.05, 3.63) is 0 Å². The number of halogens is 3. The molecule has 0 aromatic heterocycles. The van der Waals surface area contributed by atoms with Crippen LogP contribution < -0.4 is 0 Å². The molecule has 1 aliphatic rings. The van der Waals surface area contributed by atoms with Crippen LogP contribution in [0.15, 0.2) is 0 Å². The highest BCUT2D eigenvalue weighted by Crippen LogP contribution is 2.58. The Bertz CT molecular complexity index is 289. The van der Waals surface area contributed by atoms with Gasteiger partial charge in [-0.1, -0.05) is 0 Å². The van der Waals surface area contributed by atoms with E-state index in [2.05, 4.69) is 4.18 Å². The van der Waals surface area contributed by atoms with E-state index in [4.69, 9.17) is 0 Å². The van der Waals surface area contributed by atoms with E-state index in [9.17, 15) is 21.6 Å². The van der Waals surface area contributed by atoms with E-state index in [1.807, 2.05) is 0 Å². The molecule has 1 saturated carbocycles. The Kier molecular flexibility index (Phi) is 2.36. The van der Waals surface area contributed by atoms with Crippen LogP contribution in [0.1, 0.15) is 12.8 Å². The second-order valence-electron chi connectivity index (χ2n) is 3.15. The molecule has 78 valence electrons. The first kappa shape index (κ1) is 10.8. The molecule has 0 aromatic rings. The highest BCUT2D eigenvalue weighted by atomic mass is 32.2. The maximum absolute atomic E-state index is 12.2. The van der Waals surface area contributed by atoms with Crippen LogP contribution in [0.4, 0.5) is 13.2 Å². The quantitative estimate of drug-likeness (QED) is 0.671. The van der Waals surface area contributed by atoms with Gasteiger partial charge in [0.1, 0.15) is 0 Å². The van der Waals surface area contributed by atoms with Crippen molar-refractivity contribution >= 4 is 10.1 Å². The summed E-state index contributed by atoms with van der Waals surface area (Å²) in [6.07, 6.45) is -4.70. The topological polar surface area (TPSA) is 43.4 Å². The zero-order valence-electron chi connectivity index (χ0n) is 6.89. The number of alkyl halides is 3. The van der Waals surface area contributed by atoms with Gasteiger partial charge in [-0.05, 0) is 12.8 Å². The maximum atomic E-state index is 12.2. The summed E-state index contributed by atoms with van der Waals surface area (Å²) in [5.41, 5.74) is -2.04. The summed E-state index contributed by atoms with van der Waals surface area (Å²) in [5.74, 6) is -0.958. The van der Waals surface area contributed by atoms with E-state index in [0.717, 1.165) is 7.11 Å². The molecule has 7 heteroatoms. The van der Waals surface area contributed by atoms with E-state index < -0.39 is 27.5 Å². The SMILES string of the molecule is COS(=O)(=O)CC1(C(F)(F)F)CC1. The van der Waals surface area contributed by atoms with Crippen LogP contribution >= 0.6 is 0 Å². The average molecular weight is 218 g/mol. The number of hydrogen-bond acceptors (Lipinski definition) is 3. The molecule has 0 bridgehead atoms. The molecule has 0 aliphatic heterocycles. The van der Waals surface area contributed by atoms with Gasteiger partial charge in [0.2, 0.25) is 0 Å².